The van der Waals surface area contributed by atoms with Crippen molar-refractivity contribution in [3.63, 3.8) is 0 Å². The van der Waals surface area contributed by atoms with Gasteiger partial charge in [-0.05, 0) is 64.8 Å². The van der Waals surface area contributed by atoms with Crippen LogP contribution in [-0.2, 0) is 5.41 Å². The van der Waals surface area contributed by atoms with Crippen molar-refractivity contribution in [3.05, 3.63) is 151 Å². The number of nitrogens with zero attached hydrogens (tertiary/aromatic N) is 4. The van der Waals surface area contributed by atoms with Crippen molar-refractivity contribution in [2.24, 2.45) is 16.2 Å². The van der Waals surface area contributed by atoms with Gasteiger partial charge in [0.05, 0.1) is 22.8 Å². The van der Waals surface area contributed by atoms with Crippen molar-refractivity contribution in [2.75, 3.05) is 9.80 Å². The van der Waals surface area contributed by atoms with E-state index in [0.717, 1.165) is 45.3 Å². The molecule has 5 aliphatic rings. The Hall–Kier alpha value is -5.26. The largest absolute Gasteiger partial charge is 0.303 e. The molecule has 5 atom stereocenters. The molecule has 5 heteroatoms. The van der Waals surface area contributed by atoms with Gasteiger partial charge in [-0.1, -0.05) is 135 Å². The second-order valence-electron chi connectivity index (χ2n) is 15.7. The summed E-state index contributed by atoms with van der Waals surface area (Å²) in [6.07, 6.45) is 8.76. The second-order valence-corrected chi connectivity index (χ2v) is 16.7. The first-order chi connectivity index (χ1) is 25.0. The molecule has 0 saturated heterocycles. The van der Waals surface area contributed by atoms with Gasteiger partial charge in [0.15, 0.2) is 0 Å². The summed E-state index contributed by atoms with van der Waals surface area (Å²) in [5.74, 6) is 0.520. The summed E-state index contributed by atoms with van der Waals surface area (Å²) in [5, 5.41) is 7.15. The number of fused-ring (bicyclic) bond motifs is 9. The summed E-state index contributed by atoms with van der Waals surface area (Å²) in [6, 6.07) is 41.7. The van der Waals surface area contributed by atoms with Crippen molar-refractivity contribution in [3.8, 4) is 0 Å². The van der Waals surface area contributed by atoms with Gasteiger partial charge in [0.1, 0.15) is 21.0 Å². The number of allylic oxidation sites excluding steroid dienone is 4. The van der Waals surface area contributed by atoms with Gasteiger partial charge in [-0.3, -0.25) is 4.90 Å². The average Bonchev–Trinajstić information content (AvgIpc) is 3.93. The maximum absolute atomic E-state index is 5.83. The highest BCUT2D eigenvalue weighted by Gasteiger charge is 3.25. The van der Waals surface area contributed by atoms with Crippen LogP contribution in [0.3, 0.4) is 0 Å². The lowest BCUT2D eigenvalue weighted by atomic mass is 9.74. The van der Waals surface area contributed by atoms with Crippen molar-refractivity contribution >= 4 is 71.0 Å². The molecule has 1 spiro atoms. The van der Waals surface area contributed by atoms with E-state index in [2.05, 4.69) is 164 Å². The van der Waals surface area contributed by atoms with Crippen LogP contribution >= 0.6 is 11.3 Å². The maximum atomic E-state index is 5.83. The number of benzene rings is 5. The van der Waals surface area contributed by atoms with Crippen LogP contribution in [0.2, 0.25) is 0 Å². The highest BCUT2D eigenvalue weighted by molar-refractivity contribution is 7.22. The first-order valence-electron chi connectivity index (χ1n) is 18.3. The smallest absolute Gasteiger partial charge is 0.131 e. The minimum Gasteiger partial charge on any atom is -0.303 e. The number of thiophene rings is 1. The Morgan fingerprint density at radius 3 is 1.96 bits per heavy atom. The molecule has 7 aromatic rings. The van der Waals surface area contributed by atoms with Crippen LogP contribution in [0.25, 0.3) is 32.6 Å². The van der Waals surface area contributed by atoms with Gasteiger partial charge in [-0.15, -0.1) is 0 Å². The Kier molecular flexibility index (Phi) is 5.10. The number of anilines is 5. The molecule has 0 amide bonds. The van der Waals surface area contributed by atoms with Crippen LogP contribution in [0.15, 0.2) is 139 Å². The fraction of sp³-hybridized carbons (Fsp3) is 0.217. The minimum atomic E-state index is 0.112. The first kappa shape index (κ1) is 28.4. The Labute approximate surface area is 301 Å². The molecule has 0 N–H and O–H groups in total. The topological polar surface area (TPSA) is 32.3 Å². The predicted molar refractivity (Wildman–Crippen MR) is 211 cm³/mol. The number of rotatable bonds is 6. The van der Waals surface area contributed by atoms with Crippen LogP contribution in [0.5, 0.6) is 0 Å². The molecule has 4 nitrogen and oxygen atoms in total. The summed E-state index contributed by atoms with van der Waals surface area (Å²) in [5.41, 5.74) is 10.5. The third kappa shape index (κ3) is 2.98. The average molecular weight is 677 g/mol. The molecule has 5 aromatic carbocycles. The lowest BCUT2D eigenvalue weighted by Gasteiger charge is -2.32. The fourth-order valence-electron chi connectivity index (χ4n) is 11.9. The van der Waals surface area contributed by atoms with Crippen LogP contribution < -0.4 is 9.80 Å². The predicted octanol–water partition coefficient (Wildman–Crippen LogP) is 12.2. The van der Waals surface area contributed by atoms with Crippen molar-refractivity contribution < 1.29 is 0 Å². The minimum absolute atomic E-state index is 0.112. The highest BCUT2D eigenvalue weighted by atomic mass is 32.1. The third-order valence-electron chi connectivity index (χ3n) is 14.2. The van der Waals surface area contributed by atoms with Gasteiger partial charge in [-0.25, -0.2) is 9.97 Å². The van der Waals surface area contributed by atoms with Crippen LogP contribution in [0, 0.1) is 16.2 Å². The first-order valence-corrected chi connectivity index (χ1v) is 19.1. The summed E-state index contributed by atoms with van der Waals surface area (Å²) < 4.78 is 0. The molecule has 3 fully saturated rings. The molecule has 2 heterocycles. The molecule has 2 aromatic heterocycles. The normalized spacial score (nSPS) is 28.7. The molecular weight excluding hydrogens is 641 g/mol. The zero-order chi connectivity index (χ0) is 33.9. The van der Waals surface area contributed by atoms with Gasteiger partial charge in [0.25, 0.3) is 0 Å². The van der Waals surface area contributed by atoms with Crippen molar-refractivity contribution in [1.29, 1.82) is 0 Å². The molecule has 12 rings (SSSR count). The Balaban J connectivity index is 1.19. The van der Waals surface area contributed by atoms with Crippen molar-refractivity contribution in [1.82, 2.24) is 9.97 Å². The Morgan fingerprint density at radius 2 is 1.27 bits per heavy atom. The van der Waals surface area contributed by atoms with Gasteiger partial charge < -0.3 is 4.90 Å². The SMILES string of the molecule is CC12c3nc4c(N(C5=CC=CCC5)c5cccc6ccccc56)sc(N(c5ccccc5)c5cccc6ccccc56)c4nc3C3C4(C)C1(C)C324. The zero-order valence-corrected chi connectivity index (χ0v) is 29.7. The van der Waals surface area contributed by atoms with Gasteiger partial charge in [0.2, 0.25) is 0 Å². The van der Waals surface area contributed by atoms with Gasteiger partial charge >= 0.3 is 0 Å². The lowest BCUT2D eigenvalue weighted by molar-refractivity contribution is 0.305. The molecule has 0 radical (unpaired) electrons. The van der Waals surface area contributed by atoms with E-state index >= 15 is 0 Å². The lowest BCUT2D eigenvalue weighted by Crippen LogP contribution is -2.29. The molecule has 5 aliphatic carbocycles. The maximum Gasteiger partial charge on any atom is 0.131 e. The van der Waals surface area contributed by atoms with Gasteiger partial charge in [0, 0.05) is 38.9 Å². The van der Waals surface area contributed by atoms with E-state index in [9.17, 15) is 0 Å². The van der Waals surface area contributed by atoms with Crippen LogP contribution in [-0.4, -0.2) is 9.97 Å². The van der Waals surface area contributed by atoms with Gasteiger partial charge in [-0.2, -0.15) is 0 Å². The van der Waals surface area contributed by atoms with E-state index in [1.165, 1.54) is 44.3 Å². The summed E-state index contributed by atoms with van der Waals surface area (Å²) in [6.45, 7) is 7.50. The highest BCUT2D eigenvalue weighted by Crippen LogP contribution is 3.26. The summed E-state index contributed by atoms with van der Waals surface area (Å²) in [4.78, 5) is 16.6. The molecular formula is C46H36N4S. The molecule has 246 valence electrons. The second kappa shape index (κ2) is 9.15. The third-order valence-corrected chi connectivity index (χ3v) is 15.4. The molecule has 3 saturated carbocycles. The van der Waals surface area contributed by atoms with Crippen LogP contribution in [0.4, 0.5) is 27.1 Å². The summed E-state index contributed by atoms with van der Waals surface area (Å²) >= 11 is 1.83. The molecule has 5 unspecified atom stereocenters. The van der Waals surface area contributed by atoms with E-state index in [0.29, 0.717) is 22.2 Å². The Bertz CT molecular complexity index is 2740. The summed E-state index contributed by atoms with van der Waals surface area (Å²) in [7, 11) is 0. The van der Waals surface area contributed by atoms with E-state index in [1.54, 1.807) is 0 Å². The van der Waals surface area contributed by atoms with E-state index in [4.69, 9.17) is 9.97 Å². The van der Waals surface area contributed by atoms with Crippen molar-refractivity contribution in [2.45, 2.75) is 44.9 Å². The molecule has 51 heavy (non-hydrogen) atoms. The van der Waals surface area contributed by atoms with E-state index < -0.39 is 0 Å². The zero-order valence-electron chi connectivity index (χ0n) is 28.9. The fourth-order valence-corrected chi connectivity index (χ4v) is 13.2. The molecule has 0 aliphatic heterocycles. The number of hydrogen-bond donors (Lipinski definition) is 0. The number of para-hydroxylation sites is 1. The monoisotopic (exact) mass is 676 g/mol. The molecule has 0 bridgehead atoms. The number of aromatic nitrogens is 2. The van der Waals surface area contributed by atoms with Crippen LogP contribution in [0.1, 0.15) is 50.9 Å². The van der Waals surface area contributed by atoms with E-state index in [1.807, 2.05) is 11.3 Å². The number of hydrogen-bond acceptors (Lipinski definition) is 5. The Morgan fingerprint density at radius 1 is 0.667 bits per heavy atom. The quantitative estimate of drug-likeness (QED) is 0.175. The van der Waals surface area contributed by atoms with E-state index in [-0.39, 0.29) is 5.41 Å². The standard InChI is InChI=1S/C46H36N4S/c1-43-39-38-40(44(2)45(43,3)46(39,43)44)48-37-36(47-38)41(49(30-20-6-4-7-21-30)34-26-14-18-28-16-10-12-24-32(28)34)51-42(37)50(31-22-8-5-9-23-31)35-27-15-19-29-17-11-13-25-33(29)35/h4-8,10-22,24-27,39H,9,23H2,1-3H3.